The lowest BCUT2D eigenvalue weighted by atomic mass is 9.83. The third-order valence-corrected chi connectivity index (χ3v) is 5.93. The van der Waals surface area contributed by atoms with E-state index in [-0.39, 0.29) is 12.5 Å². The molecule has 1 unspecified atom stereocenters. The molecule has 0 saturated heterocycles. The zero-order chi connectivity index (χ0) is 15.7. The number of hydrogen-bond donors (Lipinski definition) is 2. The van der Waals surface area contributed by atoms with E-state index < -0.39 is 0 Å². The number of nitrogens with zero attached hydrogens (tertiary/aromatic N) is 2. The molecular formula is C15H19N3O2S2. The van der Waals surface area contributed by atoms with E-state index in [1.807, 2.05) is 0 Å². The molecule has 2 aromatic rings. The predicted molar refractivity (Wildman–Crippen MR) is 88.5 cm³/mol. The highest BCUT2D eigenvalue weighted by molar-refractivity contribution is 7.16. The first-order valence-corrected chi connectivity index (χ1v) is 9.11. The van der Waals surface area contributed by atoms with Gasteiger partial charge >= 0.3 is 0 Å². The maximum absolute atomic E-state index is 12.1. The van der Waals surface area contributed by atoms with Crippen molar-refractivity contribution in [2.75, 3.05) is 5.32 Å². The zero-order valence-electron chi connectivity index (χ0n) is 12.6. The Bertz CT molecular complexity index is 678. The summed E-state index contributed by atoms with van der Waals surface area (Å²) in [6.45, 7) is 4.39. The molecule has 22 heavy (non-hydrogen) atoms. The van der Waals surface area contributed by atoms with Gasteiger partial charge in [0.1, 0.15) is 10.7 Å². The molecule has 1 aliphatic carbocycles. The van der Waals surface area contributed by atoms with Gasteiger partial charge in [0.05, 0.1) is 12.3 Å². The Balaban J connectivity index is 1.70. The first-order chi connectivity index (χ1) is 10.6. The second kappa shape index (κ2) is 6.44. The minimum atomic E-state index is -0.262. The number of nitrogens with one attached hydrogen (secondary N) is 1. The molecule has 0 aliphatic heterocycles. The summed E-state index contributed by atoms with van der Waals surface area (Å²) in [6.07, 6.45) is 3.23. The lowest BCUT2D eigenvalue weighted by molar-refractivity contribution is 0.102. The molecule has 0 saturated carbocycles. The number of hydrogen-bond acceptors (Lipinski definition) is 6. The van der Waals surface area contributed by atoms with E-state index in [2.05, 4.69) is 29.1 Å². The van der Waals surface area contributed by atoms with Crippen molar-refractivity contribution in [2.24, 2.45) is 11.8 Å². The van der Waals surface area contributed by atoms with Gasteiger partial charge in [0.15, 0.2) is 5.13 Å². The van der Waals surface area contributed by atoms with Gasteiger partial charge in [0.2, 0.25) is 0 Å². The van der Waals surface area contributed by atoms with Gasteiger partial charge in [-0.1, -0.05) is 13.8 Å². The van der Waals surface area contributed by atoms with Crippen LogP contribution < -0.4 is 5.32 Å². The molecule has 0 spiro atoms. The van der Waals surface area contributed by atoms with Gasteiger partial charge in [-0.15, -0.1) is 22.7 Å². The molecule has 2 N–H and O–H groups in total. The number of aromatic nitrogens is 2. The van der Waals surface area contributed by atoms with Crippen LogP contribution in [0.1, 0.15) is 46.3 Å². The Kier molecular flexibility index (Phi) is 4.56. The molecule has 0 bridgehead atoms. The quantitative estimate of drug-likeness (QED) is 0.899. The van der Waals surface area contributed by atoms with E-state index in [9.17, 15) is 4.79 Å². The van der Waals surface area contributed by atoms with Crippen LogP contribution in [0.15, 0.2) is 5.38 Å². The number of anilines is 1. The molecule has 2 heterocycles. The van der Waals surface area contributed by atoms with Crippen molar-refractivity contribution < 1.29 is 9.90 Å². The minimum absolute atomic E-state index is 0.139. The number of aliphatic hydroxyl groups is 1. The number of rotatable bonds is 4. The molecule has 0 aromatic carbocycles. The maximum atomic E-state index is 12.1. The summed E-state index contributed by atoms with van der Waals surface area (Å²) in [5, 5.41) is 14.7. The lowest BCUT2D eigenvalue weighted by Gasteiger charge is -2.24. The third-order valence-electron chi connectivity index (χ3n) is 4.06. The first-order valence-electron chi connectivity index (χ1n) is 7.42. The molecule has 1 atom stereocenters. The molecule has 0 fully saturated rings. The van der Waals surface area contributed by atoms with Gasteiger partial charge in [-0.3, -0.25) is 10.1 Å². The summed E-state index contributed by atoms with van der Waals surface area (Å²) in [4.78, 5) is 22.1. The fourth-order valence-electron chi connectivity index (χ4n) is 2.67. The van der Waals surface area contributed by atoms with Gasteiger partial charge in [0.25, 0.3) is 5.91 Å². The van der Waals surface area contributed by atoms with E-state index in [0.29, 0.717) is 27.7 Å². The van der Waals surface area contributed by atoms with E-state index in [1.165, 1.54) is 22.6 Å². The highest BCUT2D eigenvalue weighted by Gasteiger charge is 2.25. The Hall–Kier alpha value is -1.31. The molecule has 1 aliphatic rings. The first kappa shape index (κ1) is 15.6. The van der Waals surface area contributed by atoms with Crippen LogP contribution in [-0.4, -0.2) is 21.0 Å². The zero-order valence-corrected chi connectivity index (χ0v) is 14.3. The molecule has 5 nitrogen and oxygen atoms in total. The Labute approximate surface area is 137 Å². The van der Waals surface area contributed by atoms with Crippen LogP contribution in [0.4, 0.5) is 5.13 Å². The van der Waals surface area contributed by atoms with Crippen molar-refractivity contribution in [3.63, 3.8) is 0 Å². The summed E-state index contributed by atoms with van der Waals surface area (Å²) >= 11 is 2.86. The number of amides is 1. The van der Waals surface area contributed by atoms with Crippen LogP contribution in [0.3, 0.4) is 0 Å². The highest BCUT2D eigenvalue weighted by atomic mass is 32.1. The van der Waals surface area contributed by atoms with Crippen LogP contribution in [0.25, 0.3) is 0 Å². The molecule has 2 aromatic heterocycles. The minimum Gasteiger partial charge on any atom is -0.389 e. The summed E-state index contributed by atoms with van der Waals surface area (Å²) in [6, 6.07) is 0. The number of aliphatic hydroxyl groups excluding tert-OH is 1. The second-order valence-corrected chi connectivity index (χ2v) is 7.90. The van der Waals surface area contributed by atoms with Crippen molar-refractivity contribution in [3.8, 4) is 0 Å². The number of fused-ring (bicyclic) bond motifs is 1. The normalized spacial score (nSPS) is 17.5. The fraction of sp³-hybridized carbons (Fsp3) is 0.533. The highest BCUT2D eigenvalue weighted by Crippen LogP contribution is 2.35. The Morgan fingerprint density at radius 2 is 2.32 bits per heavy atom. The molecular weight excluding hydrogens is 318 g/mol. The van der Waals surface area contributed by atoms with E-state index in [1.54, 1.807) is 16.7 Å². The standard InChI is InChI=1S/C15H19N3O2S2/c1-8(2)9-3-4-10-12(5-9)22-15(17-10)18-14(20)11-7-21-13(6-19)16-11/h7-9,19H,3-6H2,1-2H3,(H,17,18,20). The summed E-state index contributed by atoms with van der Waals surface area (Å²) < 4.78 is 0. The molecule has 7 heteroatoms. The molecule has 118 valence electrons. The summed E-state index contributed by atoms with van der Waals surface area (Å²) in [7, 11) is 0. The van der Waals surface area contributed by atoms with Crippen LogP contribution in [0.2, 0.25) is 0 Å². The van der Waals surface area contributed by atoms with Crippen LogP contribution in [-0.2, 0) is 19.4 Å². The van der Waals surface area contributed by atoms with Crippen molar-refractivity contribution in [1.29, 1.82) is 0 Å². The predicted octanol–water partition coefficient (Wildman–Crippen LogP) is 3.11. The van der Waals surface area contributed by atoms with Gasteiger partial charge < -0.3 is 5.11 Å². The lowest BCUT2D eigenvalue weighted by Crippen LogP contribution is -2.17. The maximum Gasteiger partial charge on any atom is 0.276 e. The van der Waals surface area contributed by atoms with Crippen LogP contribution in [0.5, 0.6) is 0 Å². The van der Waals surface area contributed by atoms with E-state index >= 15 is 0 Å². The number of thiazole rings is 2. The molecule has 3 rings (SSSR count). The largest absolute Gasteiger partial charge is 0.389 e. The summed E-state index contributed by atoms with van der Waals surface area (Å²) in [5.41, 5.74) is 1.47. The van der Waals surface area contributed by atoms with E-state index in [4.69, 9.17) is 5.11 Å². The summed E-state index contributed by atoms with van der Waals surface area (Å²) in [5.74, 6) is 1.13. The number of aryl methyl sites for hydroxylation is 1. The molecule has 1 amide bonds. The number of carbonyl (C=O) groups is 1. The molecule has 0 radical (unpaired) electrons. The topological polar surface area (TPSA) is 75.1 Å². The van der Waals surface area contributed by atoms with Crippen LogP contribution >= 0.6 is 22.7 Å². The third kappa shape index (κ3) is 3.21. The monoisotopic (exact) mass is 337 g/mol. The Morgan fingerprint density at radius 1 is 1.50 bits per heavy atom. The average molecular weight is 337 g/mol. The Morgan fingerprint density at radius 3 is 3.00 bits per heavy atom. The van der Waals surface area contributed by atoms with Crippen LogP contribution in [0, 0.1) is 11.8 Å². The number of carbonyl (C=O) groups excluding carboxylic acids is 1. The fourth-order valence-corrected chi connectivity index (χ4v) is 4.40. The second-order valence-electron chi connectivity index (χ2n) is 5.87. The van der Waals surface area contributed by atoms with Crippen molar-refractivity contribution in [3.05, 3.63) is 26.7 Å². The van der Waals surface area contributed by atoms with Gasteiger partial charge in [-0.25, -0.2) is 9.97 Å². The van der Waals surface area contributed by atoms with Gasteiger partial charge in [-0.2, -0.15) is 0 Å². The van der Waals surface area contributed by atoms with Crippen molar-refractivity contribution >= 4 is 33.7 Å². The van der Waals surface area contributed by atoms with Gasteiger partial charge in [-0.05, 0) is 31.1 Å². The van der Waals surface area contributed by atoms with Crippen molar-refractivity contribution in [2.45, 2.75) is 39.7 Å². The average Bonchev–Trinajstić information content (AvgIpc) is 3.12. The smallest absolute Gasteiger partial charge is 0.276 e. The van der Waals surface area contributed by atoms with E-state index in [0.717, 1.165) is 18.5 Å². The van der Waals surface area contributed by atoms with Crippen molar-refractivity contribution in [1.82, 2.24) is 9.97 Å². The SMILES string of the molecule is CC(C)C1CCc2nc(NC(=O)c3csc(CO)n3)sc2C1. The van der Waals surface area contributed by atoms with Gasteiger partial charge in [0, 0.05) is 10.3 Å².